The fraction of sp³-hybridized carbons (Fsp3) is 0.273. The van der Waals surface area contributed by atoms with Crippen LogP contribution in [0.2, 0.25) is 0 Å². The highest BCUT2D eigenvalue weighted by Crippen LogP contribution is 2.28. The molecule has 0 bridgehead atoms. The van der Waals surface area contributed by atoms with E-state index in [0.29, 0.717) is 22.4 Å². The van der Waals surface area contributed by atoms with Gasteiger partial charge in [-0.3, -0.25) is 19.7 Å². The maximum atomic E-state index is 12.9. The second kappa shape index (κ2) is 7.32. The predicted molar refractivity (Wildman–Crippen MR) is 110 cm³/mol. The largest absolute Gasteiger partial charge is 0.497 e. The van der Waals surface area contributed by atoms with E-state index in [1.54, 1.807) is 44.4 Å². The van der Waals surface area contributed by atoms with Gasteiger partial charge in [-0.15, -0.1) is 0 Å². The van der Waals surface area contributed by atoms with E-state index in [0.717, 1.165) is 5.56 Å². The summed E-state index contributed by atoms with van der Waals surface area (Å²) >= 11 is 0. The second-order valence-electron chi connectivity index (χ2n) is 7.58. The molecular weight excluding hydrogens is 400 g/mol. The zero-order chi connectivity index (χ0) is 22.3. The van der Waals surface area contributed by atoms with E-state index in [2.05, 4.69) is 22.5 Å². The molecule has 2 N–H and O–H groups in total. The number of nitrogens with zero attached hydrogens (tertiary/aromatic N) is 2. The number of ether oxygens (including phenoxy) is 1. The van der Waals surface area contributed by atoms with Crippen molar-refractivity contribution in [3.8, 4) is 17.6 Å². The summed E-state index contributed by atoms with van der Waals surface area (Å²) in [6, 6.07) is 6.14. The number of amides is 4. The third-order valence-electron chi connectivity index (χ3n) is 5.35. The smallest absolute Gasteiger partial charge is 0.323 e. The van der Waals surface area contributed by atoms with Crippen LogP contribution in [0.5, 0.6) is 5.75 Å². The first-order chi connectivity index (χ1) is 14.7. The molecule has 9 nitrogen and oxygen atoms in total. The molecule has 4 rings (SSSR count). The van der Waals surface area contributed by atoms with Crippen LogP contribution in [0.4, 0.5) is 4.79 Å². The summed E-state index contributed by atoms with van der Waals surface area (Å²) in [5.41, 5.74) is 0.536. The molecule has 1 saturated heterocycles. The fourth-order valence-electron chi connectivity index (χ4n) is 3.74. The summed E-state index contributed by atoms with van der Waals surface area (Å²) in [5.74, 6) is 5.35. The Labute approximate surface area is 178 Å². The number of hydrogen-bond acceptors (Lipinski definition) is 5. The molecule has 158 valence electrons. The maximum Gasteiger partial charge on any atom is 0.323 e. The number of hydrogen-bond donors (Lipinski definition) is 2. The van der Waals surface area contributed by atoms with Crippen molar-refractivity contribution in [1.29, 1.82) is 0 Å². The van der Waals surface area contributed by atoms with Crippen molar-refractivity contribution in [2.45, 2.75) is 19.0 Å². The van der Waals surface area contributed by atoms with Crippen LogP contribution in [0, 0.1) is 18.8 Å². The molecule has 9 heteroatoms. The van der Waals surface area contributed by atoms with Crippen LogP contribution >= 0.6 is 0 Å². The van der Waals surface area contributed by atoms with Crippen molar-refractivity contribution in [2.75, 3.05) is 13.7 Å². The molecule has 0 saturated carbocycles. The SMILES string of the molecule is COc1ccc2c(c1)C(=O)N(C[C@@]1(C#Cc3cc(C)c(=O)n(C)c3)NC(=O)NC1=O)C2. The molecule has 1 atom stereocenters. The van der Waals surface area contributed by atoms with Crippen LogP contribution in [-0.2, 0) is 18.4 Å². The van der Waals surface area contributed by atoms with Gasteiger partial charge in [0.25, 0.3) is 17.4 Å². The van der Waals surface area contributed by atoms with Crippen molar-refractivity contribution >= 4 is 17.8 Å². The first kappa shape index (κ1) is 20.2. The Bertz CT molecular complexity index is 1230. The van der Waals surface area contributed by atoms with Gasteiger partial charge in [-0.25, -0.2) is 4.79 Å². The molecule has 1 fully saturated rings. The number of nitrogens with one attached hydrogen (secondary N) is 2. The van der Waals surface area contributed by atoms with Crippen LogP contribution in [0.3, 0.4) is 0 Å². The zero-order valence-corrected chi connectivity index (χ0v) is 17.2. The lowest BCUT2D eigenvalue weighted by molar-refractivity contribution is -0.122. The van der Waals surface area contributed by atoms with Crippen LogP contribution in [0.25, 0.3) is 0 Å². The molecule has 0 unspecified atom stereocenters. The molecule has 1 aromatic heterocycles. The van der Waals surface area contributed by atoms with Gasteiger partial charge in [0.1, 0.15) is 5.75 Å². The molecule has 0 spiro atoms. The Morgan fingerprint density at radius 1 is 1.19 bits per heavy atom. The van der Waals surface area contributed by atoms with E-state index in [1.807, 2.05) is 0 Å². The molecule has 0 aliphatic carbocycles. The number of imide groups is 1. The Kier molecular flexibility index (Phi) is 4.78. The third kappa shape index (κ3) is 3.53. The van der Waals surface area contributed by atoms with Crippen molar-refractivity contribution in [3.05, 3.63) is 63.1 Å². The molecule has 2 aliphatic heterocycles. The van der Waals surface area contributed by atoms with E-state index in [1.165, 1.54) is 16.6 Å². The van der Waals surface area contributed by atoms with Crippen LogP contribution in [-0.4, -0.2) is 46.5 Å². The number of benzene rings is 1. The number of aryl methyl sites for hydroxylation is 2. The van der Waals surface area contributed by atoms with Crippen molar-refractivity contribution in [3.63, 3.8) is 0 Å². The third-order valence-corrected chi connectivity index (χ3v) is 5.35. The summed E-state index contributed by atoms with van der Waals surface area (Å²) in [6.07, 6.45) is 1.55. The number of urea groups is 1. The normalized spacial score (nSPS) is 19.5. The van der Waals surface area contributed by atoms with Gasteiger partial charge in [-0.1, -0.05) is 17.9 Å². The van der Waals surface area contributed by atoms with Gasteiger partial charge in [0.05, 0.1) is 13.7 Å². The van der Waals surface area contributed by atoms with Gasteiger partial charge in [0.15, 0.2) is 0 Å². The predicted octanol–water partition coefficient (Wildman–Crippen LogP) is 0.288. The Balaban J connectivity index is 1.68. The average Bonchev–Trinajstić information content (AvgIpc) is 3.19. The number of rotatable bonds is 3. The Morgan fingerprint density at radius 3 is 2.61 bits per heavy atom. The lowest BCUT2D eigenvalue weighted by atomic mass is 9.99. The molecule has 2 aliphatic rings. The monoisotopic (exact) mass is 420 g/mol. The topological polar surface area (TPSA) is 110 Å². The number of aromatic nitrogens is 1. The zero-order valence-electron chi connectivity index (χ0n) is 17.2. The number of fused-ring (bicyclic) bond motifs is 1. The Morgan fingerprint density at radius 2 is 1.97 bits per heavy atom. The minimum Gasteiger partial charge on any atom is -0.497 e. The lowest BCUT2D eigenvalue weighted by Crippen LogP contribution is -2.54. The molecule has 31 heavy (non-hydrogen) atoms. The van der Waals surface area contributed by atoms with E-state index in [9.17, 15) is 19.2 Å². The van der Waals surface area contributed by atoms with Gasteiger partial charge in [0, 0.05) is 36.5 Å². The van der Waals surface area contributed by atoms with E-state index < -0.39 is 17.5 Å². The number of carbonyl (C=O) groups excluding carboxylic acids is 3. The highest BCUT2D eigenvalue weighted by Gasteiger charge is 2.48. The van der Waals surface area contributed by atoms with Crippen LogP contribution in [0.15, 0.2) is 35.3 Å². The molecular formula is C22H20N4O5. The van der Waals surface area contributed by atoms with Gasteiger partial charge in [-0.05, 0) is 30.7 Å². The maximum absolute atomic E-state index is 12.9. The number of carbonyl (C=O) groups is 3. The summed E-state index contributed by atoms with van der Waals surface area (Å²) in [7, 11) is 3.12. The molecule has 1 aromatic carbocycles. The standard InChI is InChI=1S/C22H20N4O5/c1-13-8-14(10-25(2)18(13)27)6-7-22(20(29)23-21(30)24-22)12-26-11-15-4-5-16(31-3)9-17(15)19(26)28/h4-5,8-10H,11-12H2,1-3H3,(H2,23,24,29,30)/t22-/m1/s1. The van der Waals surface area contributed by atoms with E-state index in [-0.39, 0.29) is 24.6 Å². The number of methoxy groups -OCH3 is 1. The Hall–Kier alpha value is -4.06. The fourth-order valence-corrected chi connectivity index (χ4v) is 3.74. The summed E-state index contributed by atoms with van der Waals surface area (Å²) in [6.45, 7) is 1.82. The molecule has 0 radical (unpaired) electrons. The van der Waals surface area contributed by atoms with Gasteiger partial charge in [-0.2, -0.15) is 0 Å². The highest BCUT2D eigenvalue weighted by atomic mass is 16.5. The van der Waals surface area contributed by atoms with Crippen LogP contribution in [0.1, 0.15) is 27.0 Å². The molecule has 2 aromatic rings. The lowest BCUT2D eigenvalue weighted by Gasteiger charge is -2.26. The van der Waals surface area contributed by atoms with Gasteiger partial charge < -0.3 is 19.5 Å². The van der Waals surface area contributed by atoms with Crippen LogP contribution < -0.4 is 20.9 Å². The second-order valence-corrected chi connectivity index (χ2v) is 7.58. The summed E-state index contributed by atoms with van der Waals surface area (Å²) < 4.78 is 6.58. The minimum absolute atomic E-state index is 0.127. The number of pyridine rings is 1. The molecule has 3 heterocycles. The van der Waals surface area contributed by atoms with Gasteiger partial charge in [0.2, 0.25) is 5.54 Å². The first-order valence-electron chi connectivity index (χ1n) is 9.53. The highest BCUT2D eigenvalue weighted by molar-refractivity contribution is 6.10. The first-order valence-corrected chi connectivity index (χ1v) is 9.53. The summed E-state index contributed by atoms with van der Waals surface area (Å²) in [4.78, 5) is 50.9. The average molecular weight is 420 g/mol. The van der Waals surface area contributed by atoms with Crippen molar-refractivity contribution in [1.82, 2.24) is 20.1 Å². The quantitative estimate of drug-likeness (QED) is 0.548. The van der Waals surface area contributed by atoms with Crippen molar-refractivity contribution in [2.24, 2.45) is 7.05 Å². The van der Waals surface area contributed by atoms with Gasteiger partial charge >= 0.3 is 6.03 Å². The van der Waals surface area contributed by atoms with E-state index >= 15 is 0 Å². The van der Waals surface area contributed by atoms with Crippen molar-refractivity contribution < 1.29 is 19.1 Å². The summed E-state index contributed by atoms with van der Waals surface area (Å²) in [5, 5.41) is 4.76. The van der Waals surface area contributed by atoms with E-state index in [4.69, 9.17) is 4.74 Å². The minimum atomic E-state index is -1.61. The molecule has 4 amide bonds.